The van der Waals surface area contributed by atoms with Crippen LogP contribution in [0.3, 0.4) is 0 Å². The van der Waals surface area contributed by atoms with Gasteiger partial charge in [-0.3, -0.25) is 9.59 Å². The van der Waals surface area contributed by atoms with Gasteiger partial charge >= 0.3 is 0 Å². The molecular formula is C22H30N2O4. The lowest BCUT2D eigenvalue weighted by molar-refractivity contribution is -0.148. The second-order valence-corrected chi connectivity index (χ2v) is 8.07. The van der Waals surface area contributed by atoms with E-state index in [0.29, 0.717) is 39.3 Å². The van der Waals surface area contributed by atoms with Crippen molar-refractivity contribution in [2.75, 3.05) is 32.8 Å². The van der Waals surface area contributed by atoms with Gasteiger partial charge in [-0.15, -0.1) is 0 Å². The third kappa shape index (κ3) is 4.32. The quantitative estimate of drug-likeness (QED) is 0.798. The second-order valence-electron chi connectivity index (χ2n) is 8.07. The van der Waals surface area contributed by atoms with Crippen molar-refractivity contribution in [3.8, 4) is 5.75 Å². The van der Waals surface area contributed by atoms with Gasteiger partial charge in [-0.1, -0.05) is 37.5 Å². The molecule has 152 valence electrons. The van der Waals surface area contributed by atoms with Gasteiger partial charge in [-0.05, 0) is 25.0 Å². The summed E-state index contributed by atoms with van der Waals surface area (Å²) < 4.78 is 11.5. The van der Waals surface area contributed by atoms with Crippen molar-refractivity contribution in [2.24, 2.45) is 5.92 Å². The molecule has 1 aliphatic carbocycles. The number of amides is 2. The molecule has 2 atom stereocenters. The third-order valence-electron chi connectivity index (χ3n) is 6.15. The Balaban J connectivity index is 1.49. The van der Waals surface area contributed by atoms with Gasteiger partial charge in [0.2, 0.25) is 11.8 Å². The smallest absolute Gasteiger partial charge is 0.245 e. The summed E-state index contributed by atoms with van der Waals surface area (Å²) >= 11 is 0. The van der Waals surface area contributed by atoms with Gasteiger partial charge in [-0.2, -0.15) is 0 Å². The first-order valence-corrected chi connectivity index (χ1v) is 10.6. The molecule has 0 bridgehead atoms. The Hall–Kier alpha value is -2.08. The summed E-state index contributed by atoms with van der Waals surface area (Å²) in [6.45, 7) is 2.83. The van der Waals surface area contributed by atoms with Crippen molar-refractivity contribution in [1.82, 2.24) is 9.80 Å². The molecule has 2 aliphatic heterocycles. The van der Waals surface area contributed by atoms with Crippen molar-refractivity contribution in [1.29, 1.82) is 0 Å². The number of hydrogen-bond acceptors (Lipinski definition) is 4. The van der Waals surface area contributed by atoms with Crippen molar-refractivity contribution in [2.45, 2.75) is 50.7 Å². The van der Waals surface area contributed by atoms with E-state index in [1.807, 2.05) is 40.1 Å². The van der Waals surface area contributed by atoms with Crippen LogP contribution in [-0.2, 0) is 14.3 Å². The summed E-state index contributed by atoms with van der Waals surface area (Å²) in [5, 5.41) is 0. The van der Waals surface area contributed by atoms with E-state index in [-0.39, 0.29) is 23.8 Å². The number of nitrogens with zero attached hydrogens (tertiary/aromatic N) is 2. The second kappa shape index (κ2) is 8.95. The van der Waals surface area contributed by atoms with Crippen molar-refractivity contribution in [3.63, 3.8) is 0 Å². The summed E-state index contributed by atoms with van der Waals surface area (Å²) in [5.41, 5.74) is 0. The van der Waals surface area contributed by atoms with Crippen LogP contribution in [0.1, 0.15) is 38.5 Å². The highest BCUT2D eigenvalue weighted by atomic mass is 16.5. The van der Waals surface area contributed by atoms with Crippen LogP contribution in [0.2, 0.25) is 0 Å². The summed E-state index contributed by atoms with van der Waals surface area (Å²) in [6.07, 6.45) is 5.72. The lowest BCUT2D eigenvalue weighted by atomic mass is 9.88. The Bertz CT molecular complexity index is 630. The Morgan fingerprint density at radius 1 is 0.964 bits per heavy atom. The zero-order chi connectivity index (χ0) is 19.3. The molecule has 3 fully saturated rings. The minimum absolute atomic E-state index is 0.0478. The normalized spacial score (nSPS) is 26.3. The van der Waals surface area contributed by atoms with E-state index < -0.39 is 6.04 Å². The Morgan fingerprint density at radius 2 is 1.68 bits per heavy atom. The molecule has 4 rings (SSSR count). The predicted molar refractivity (Wildman–Crippen MR) is 105 cm³/mol. The first kappa shape index (κ1) is 19.2. The monoisotopic (exact) mass is 386 g/mol. The van der Waals surface area contributed by atoms with Crippen LogP contribution in [0.25, 0.3) is 0 Å². The maximum atomic E-state index is 13.3. The number of hydrogen-bond donors (Lipinski definition) is 0. The van der Waals surface area contributed by atoms with E-state index in [1.165, 1.54) is 6.42 Å². The first-order valence-electron chi connectivity index (χ1n) is 10.6. The number of ether oxygens (including phenoxy) is 2. The van der Waals surface area contributed by atoms with Crippen molar-refractivity contribution < 1.29 is 19.1 Å². The molecule has 0 aromatic heterocycles. The lowest BCUT2D eigenvalue weighted by Crippen LogP contribution is -2.52. The van der Waals surface area contributed by atoms with Crippen LogP contribution in [0, 0.1) is 5.92 Å². The number of carbonyl (C=O) groups is 2. The van der Waals surface area contributed by atoms with Crippen LogP contribution in [0.5, 0.6) is 5.75 Å². The highest BCUT2D eigenvalue weighted by Crippen LogP contribution is 2.31. The number of para-hydroxylation sites is 1. The van der Waals surface area contributed by atoms with Crippen LogP contribution in [0.15, 0.2) is 30.3 Å². The highest BCUT2D eigenvalue weighted by molar-refractivity contribution is 5.89. The van der Waals surface area contributed by atoms with Gasteiger partial charge in [0, 0.05) is 25.4 Å². The van der Waals surface area contributed by atoms with E-state index in [1.54, 1.807) is 0 Å². The maximum Gasteiger partial charge on any atom is 0.245 e. The molecule has 0 unspecified atom stereocenters. The van der Waals surface area contributed by atoms with Crippen molar-refractivity contribution >= 4 is 11.8 Å². The fraction of sp³-hybridized carbons (Fsp3) is 0.636. The molecule has 1 aromatic rings. The molecule has 0 radical (unpaired) electrons. The number of likely N-dealkylation sites (tertiary alicyclic amines) is 1. The lowest BCUT2D eigenvalue weighted by Gasteiger charge is -2.34. The molecule has 1 aromatic carbocycles. The SMILES string of the molecule is O=C([C@@H]1C[C@H](Oc2ccccc2)CN1C(=O)C1CCCCC1)N1CCOCC1. The van der Waals surface area contributed by atoms with Gasteiger partial charge in [0.25, 0.3) is 0 Å². The minimum Gasteiger partial charge on any atom is -0.488 e. The minimum atomic E-state index is -0.416. The molecule has 2 heterocycles. The van der Waals surface area contributed by atoms with Crippen molar-refractivity contribution in [3.05, 3.63) is 30.3 Å². The Morgan fingerprint density at radius 3 is 2.39 bits per heavy atom. The van der Waals surface area contributed by atoms with Crippen LogP contribution in [-0.4, -0.2) is 66.6 Å². The van der Waals surface area contributed by atoms with Crippen LogP contribution in [0.4, 0.5) is 0 Å². The maximum absolute atomic E-state index is 13.3. The first-order chi connectivity index (χ1) is 13.7. The van der Waals surface area contributed by atoms with E-state index in [2.05, 4.69) is 0 Å². The van der Waals surface area contributed by atoms with Gasteiger partial charge in [0.1, 0.15) is 17.9 Å². The average Bonchev–Trinajstić information content (AvgIpc) is 3.18. The molecule has 6 heteroatoms. The largest absolute Gasteiger partial charge is 0.488 e. The highest BCUT2D eigenvalue weighted by Gasteiger charge is 2.44. The molecule has 1 saturated carbocycles. The molecule has 0 N–H and O–H groups in total. The molecule has 2 amide bonds. The molecular weight excluding hydrogens is 356 g/mol. The standard InChI is InChI=1S/C22H30N2O4/c25-21(17-7-3-1-4-8-17)24-16-19(28-18-9-5-2-6-10-18)15-20(24)22(26)23-11-13-27-14-12-23/h2,5-6,9-10,17,19-20H,1,3-4,7-8,11-16H2/t19-,20-/m0/s1. The van der Waals surface area contributed by atoms with E-state index >= 15 is 0 Å². The Kier molecular flexibility index (Phi) is 6.15. The average molecular weight is 386 g/mol. The summed E-state index contributed by atoms with van der Waals surface area (Å²) in [6, 6.07) is 9.25. The van der Waals surface area contributed by atoms with E-state index in [4.69, 9.17) is 9.47 Å². The molecule has 0 spiro atoms. The van der Waals surface area contributed by atoms with Gasteiger partial charge in [-0.25, -0.2) is 0 Å². The molecule has 3 aliphatic rings. The topological polar surface area (TPSA) is 59.1 Å². The molecule has 2 saturated heterocycles. The Labute approximate surface area is 166 Å². The van der Waals surface area contributed by atoms with E-state index in [9.17, 15) is 9.59 Å². The number of rotatable bonds is 4. The van der Waals surface area contributed by atoms with Gasteiger partial charge in [0.15, 0.2) is 0 Å². The van der Waals surface area contributed by atoms with E-state index in [0.717, 1.165) is 31.4 Å². The zero-order valence-electron chi connectivity index (χ0n) is 16.4. The van der Waals surface area contributed by atoms with Gasteiger partial charge < -0.3 is 19.3 Å². The summed E-state index contributed by atoms with van der Waals surface area (Å²) in [7, 11) is 0. The summed E-state index contributed by atoms with van der Waals surface area (Å²) in [4.78, 5) is 30.2. The number of carbonyl (C=O) groups excluding carboxylic acids is 2. The number of morpholine rings is 1. The predicted octanol–water partition coefficient (Wildman–Crippen LogP) is 2.47. The van der Waals surface area contributed by atoms with Crippen LogP contribution < -0.4 is 4.74 Å². The van der Waals surface area contributed by atoms with Gasteiger partial charge in [0.05, 0.1) is 19.8 Å². The number of benzene rings is 1. The third-order valence-corrected chi connectivity index (χ3v) is 6.15. The molecule has 28 heavy (non-hydrogen) atoms. The fourth-order valence-electron chi connectivity index (χ4n) is 4.63. The fourth-order valence-corrected chi connectivity index (χ4v) is 4.63. The zero-order valence-corrected chi connectivity index (χ0v) is 16.4. The molecule has 6 nitrogen and oxygen atoms in total. The summed E-state index contributed by atoms with van der Waals surface area (Å²) in [5.74, 6) is 1.04. The van der Waals surface area contributed by atoms with Crippen LogP contribution >= 0.6 is 0 Å².